The summed E-state index contributed by atoms with van der Waals surface area (Å²) in [5.41, 5.74) is 6.40. The second kappa shape index (κ2) is 18.5. The highest BCUT2D eigenvalue weighted by atomic mass is 127. The van der Waals surface area contributed by atoms with E-state index >= 15 is 0 Å². The number of rotatable bonds is 11. The Morgan fingerprint density at radius 1 is 0.625 bits per heavy atom. The lowest BCUT2D eigenvalue weighted by atomic mass is 10.1. The van der Waals surface area contributed by atoms with Crippen molar-refractivity contribution >= 4 is 114 Å². The van der Waals surface area contributed by atoms with Gasteiger partial charge in [-0.15, -0.1) is 0 Å². The summed E-state index contributed by atoms with van der Waals surface area (Å²) in [6.45, 7) is 11.4. The van der Waals surface area contributed by atoms with Crippen LogP contribution < -0.4 is 9.47 Å². The fourth-order valence-electron chi connectivity index (χ4n) is 4.78. The van der Waals surface area contributed by atoms with Gasteiger partial charge in [-0.2, -0.15) is 0 Å². The molecule has 1 aliphatic rings. The fourth-order valence-corrected chi connectivity index (χ4v) is 8.54. The molecule has 0 aliphatic heterocycles. The second-order valence-corrected chi connectivity index (χ2v) is 17.1. The summed E-state index contributed by atoms with van der Waals surface area (Å²) in [6.07, 6.45) is 7.52. The van der Waals surface area contributed by atoms with Crippen LogP contribution >= 0.6 is 90.4 Å². The van der Waals surface area contributed by atoms with Crippen LogP contribution in [0.15, 0.2) is 70.6 Å². The molecule has 254 valence electrons. The molecule has 6 nitrogen and oxygen atoms in total. The molecule has 1 aliphatic carbocycles. The predicted octanol–water partition coefficient (Wildman–Crippen LogP) is 12.4. The van der Waals surface area contributed by atoms with Crippen LogP contribution in [0.3, 0.4) is 0 Å². The van der Waals surface area contributed by atoms with Crippen LogP contribution in [0.4, 0.5) is 11.4 Å². The number of halogens is 4. The summed E-state index contributed by atoms with van der Waals surface area (Å²) < 4.78 is 16.9. The second-order valence-electron chi connectivity index (χ2n) is 12.1. The number of benzene rings is 4. The van der Waals surface area contributed by atoms with Crippen molar-refractivity contribution in [3.63, 3.8) is 0 Å². The average molecular weight is 1090 g/mol. The van der Waals surface area contributed by atoms with E-state index in [0.29, 0.717) is 6.04 Å². The Hall–Kier alpha value is -1.66. The topological polar surface area (TPSA) is 49.7 Å². The van der Waals surface area contributed by atoms with E-state index in [4.69, 9.17) is 9.47 Å². The van der Waals surface area contributed by atoms with Crippen molar-refractivity contribution in [2.75, 3.05) is 20.6 Å². The van der Waals surface area contributed by atoms with Gasteiger partial charge in [-0.05, 0) is 220 Å². The van der Waals surface area contributed by atoms with Crippen molar-refractivity contribution in [1.82, 2.24) is 9.80 Å². The molecule has 0 aromatic heterocycles. The first-order valence-electron chi connectivity index (χ1n) is 15.8. The lowest BCUT2D eigenvalue weighted by Gasteiger charge is -2.14. The molecule has 0 unspecified atom stereocenters. The van der Waals surface area contributed by atoms with E-state index in [-0.39, 0.29) is 0 Å². The Kier molecular flexibility index (Phi) is 15.1. The molecule has 0 atom stereocenters. The average Bonchev–Trinajstić information content (AvgIpc) is 3.84. The maximum atomic E-state index is 6.11. The van der Waals surface area contributed by atoms with Crippen molar-refractivity contribution in [1.29, 1.82) is 0 Å². The highest BCUT2D eigenvalue weighted by Gasteiger charge is 2.24. The number of hydrogen-bond acceptors (Lipinski definition) is 4. The molecule has 0 heterocycles. The van der Waals surface area contributed by atoms with Gasteiger partial charge in [0, 0.05) is 41.0 Å². The predicted molar refractivity (Wildman–Crippen MR) is 236 cm³/mol. The third kappa shape index (κ3) is 12.3. The van der Waals surface area contributed by atoms with E-state index in [0.717, 1.165) is 69.6 Å². The standard InChI is InChI=1S/C19H20I2N2O.C19H22I2N2O/c1-12-7-19(24-17-9-14(20)8-15(21)10-17)13(2)6-18(12)22-11-23(3)16-4-5-16;1-5-6-23(4)12-22-18-7-14(3)19(8-13(18)2)24-17-10-15(20)9-16(21)11-17/h6-11,16H,4-5H2,1-3H3;7-12H,5-6H2,1-4H3. The molecule has 5 rings (SSSR count). The zero-order chi connectivity index (χ0) is 35.0. The van der Waals surface area contributed by atoms with Crippen LogP contribution in [-0.4, -0.2) is 49.2 Å². The quantitative estimate of drug-likeness (QED) is 0.0853. The minimum atomic E-state index is 0.681. The Labute approximate surface area is 340 Å². The molecule has 4 aromatic carbocycles. The van der Waals surface area contributed by atoms with E-state index in [2.05, 4.69) is 188 Å². The molecule has 0 bridgehead atoms. The van der Waals surface area contributed by atoms with Crippen LogP contribution in [0.25, 0.3) is 0 Å². The highest BCUT2D eigenvalue weighted by molar-refractivity contribution is 14.1. The minimum Gasteiger partial charge on any atom is -0.457 e. The fraction of sp³-hybridized carbons (Fsp3) is 0.316. The van der Waals surface area contributed by atoms with Crippen molar-refractivity contribution in [2.45, 2.75) is 59.9 Å². The molecule has 1 fully saturated rings. The number of aryl methyl sites for hydroxylation is 4. The first-order chi connectivity index (χ1) is 22.8. The largest absolute Gasteiger partial charge is 0.457 e. The van der Waals surface area contributed by atoms with Gasteiger partial charge < -0.3 is 19.3 Å². The molecular formula is C38H42I4N4O2. The molecule has 10 heteroatoms. The van der Waals surface area contributed by atoms with E-state index < -0.39 is 0 Å². The van der Waals surface area contributed by atoms with Crippen molar-refractivity contribution in [3.8, 4) is 23.0 Å². The number of aliphatic imine (C=N–C) groups is 2. The van der Waals surface area contributed by atoms with Crippen LogP contribution in [-0.2, 0) is 0 Å². The molecule has 0 N–H and O–H groups in total. The Morgan fingerprint density at radius 3 is 1.44 bits per heavy atom. The van der Waals surface area contributed by atoms with Crippen molar-refractivity contribution in [2.24, 2.45) is 9.98 Å². The molecule has 0 spiro atoms. The van der Waals surface area contributed by atoms with Gasteiger partial charge in [-0.25, -0.2) is 9.98 Å². The van der Waals surface area contributed by atoms with Gasteiger partial charge >= 0.3 is 0 Å². The lowest BCUT2D eigenvalue weighted by molar-refractivity contribution is 0.477. The zero-order valence-electron chi connectivity index (χ0n) is 28.5. The maximum Gasteiger partial charge on any atom is 0.130 e. The van der Waals surface area contributed by atoms with Gasteiger partial charge in [0.2, 0.25) is 0 Å². The summed E-state index contributed by atoms with van der Waals surface area (Å²) in [5, 5.41) is 0. The minimum absolute atomic E-state index is 0.681. The molecule has 1 saturated carbocycles. The van der Waals surface area contributed by atoms with Gasteiger partial charge in [-0.1, -0.05) is 6.92 Å². The van der Waals surface area contributed by atoms with Gasteiger partial charge in [0.05, 0.1) is 24.1 Å². The van der Waals surface area contributed by atoms with E-state index in [1.54, 1.807) is 0 Å². The summed E-state index contributed by atoms with van der Waals surface area (Å²) in [4.78, 5) is 13.6. The normalized spacial score (nSPS) is 12.6. The third-order valence-electron chi connectivity index (χ3n) is 7.59. The van der Waals surface area contributed by atoms with E-state index in [1.165, 1.54) is 27.1 Å². The smallest absolute Gasteiger partial charge is 0.130 e. The summed E-state index contributed by atoms with van der Waals surface area (Å²) in [5.74, 6) is 3.51. The Morgan fingerprint density at radius 2 is 1.04 bits per heavy atom. The summed E-state index contributed by atoms with van der Waals surface area (Å²) >= 11 is 9.25. The van der Waals surface area contributed by atoms with Crippen LogP contribution in [0.2, 0.25) is 0 Å². The van der Waals surface area contributed by atoms with Crippen LogP contribution in [0.1, 0.15) is 48.4 Å². The van der Waals surface area contributed by atoms with Gasteiger partial charge in [0.25, 0.3) is 0 Å². The maximum absolute atomic E-state index is 6.11. The number of hydrogen-bond donors (Lipinski definition) is 0. The van der Waals surface area contributed by atoms with Crippen molar-refractivity contribution < 1.29 is 9.47 Å². The highest BCUT2D eigenvalue weighted by Crippen LogP contribution is 2.34. The summed E-state index contributed by atoms with van der Waals surface area (Å²) in [6, 6.07) is 21.4. The monoisotopic (exact) mass is 1090 g/mol. The molecule has 4 aromatic rings. The third-order valence-corrected chi connectivity index (χ3v) is 10.1. The van der Waals surface area contributed by atoms with Gasteiger partial charge in [0.1, 0.15) is 23.0 Å². The Bertz CT molecular complexity index is 1750. The van der Waals surface area contributed by atoms with E-state index in [9.17, 15) is 0 Å². The molecule has 0 radical (unpaired) electrons. The number of nitrogens with zero attached hydrogens (tertiary/aromatic N) is 4. The Balaban J connectivity index is 0.000000217. The van der Waals surface area contributed by atoms with Crippen LogP contribution in [0, 0.1) is 42.0 Å². The summed E-state index contributed by atoms with van der Waals surface area (Å²) in [7, 11) is 4.14. The lowest BCUT2D eigenvalue weighted by Crippen LogP contribution is -2.17. The molecule has 48 heavy (non-hydrogen) atoms. The van der Waals surface area contributed by atoms with Gasteiger partial charge in [0.15, 0.2) is 0 Å². The van der Waals surface area contributed by atoms with Crippen molar-refractivity contribution in [3.05, 3.63) is 97.2 Å². The van der Waals surface area contributed by atoms with Gasteiger partial charge in [-0.3, -0.25) is 0 Å². The first kappa shape index (κ1) is 39.1. The van der Waals surface area contributed by atoms with E-state index in [1.807, 2.05) is 44.0 Å². The SMILES string of the molecule is CCCN(C)C=Nc1cc(C)c(Oc2cc(I)cc(I)c2)cc1C.Cc1cc(Oc2cc(I)cc(I)c2)c(C)cc1N=CN(C)C1CC1. The molecule has 0 saturated heterocycles. The number of ether oxygens (including phenoxy) is 2. The first-order valence-corrected chi connectivity index (χ1v) is 20.1. The zero-order valence-corrected chi connectivity index (χ0v) is 37.1. The van der Waals surface area contributed by atoms with Crippen LogP contribution in [0.5, 0.6) is 23.0 Å². The molecule has 0 amide bonds. The molecular weight excluding hydrogens is 1050 g/mol.